The number of likely N-dealkylation sites (N-methyl/N-ethyl adjacent to an activating group) is 1. The molecule has 33 heavy (non-hydrogen) atoms. The zero-order valence-electron chi connectivity index (χ0n) is 18.1. The van der Waals surface area contributed by atoms with Crippen LogP contribution in [-0.4, -0.2) is 51.0 Å². The van der Waals surface area contributed by atoms with E-state index in [0.29, 0.717) is 15.9 Å². The van der Waals surface area contributed by atoms with Gasteiger partial charge in [0.1, 0.15) is 12.6 Å². The minimum absolute atomic E-state index is 0.0208. The highest BCUT2D eigenvalue weighted by molar-refractivity contribution is 9.10. The van der Waals surface area contributed by atoms with Crippen molar-refractivity contribution in [2.75, 3.05) is 24.2 Å². The van der Waals surface area contributed by atoms with Gasteiger partial charge in [-0.15, -0.1) is 0 Å². The summed E-state index contributed by atoms with van der Waals surface area (Å²) in [5, 5.41) is 2.44. The molecule has 180 valence electrons. The molecular formula is C21H23BrF3N3O4S. The highest BCUT2D eigenvalue weighted by Crippen LogP contribution is 2.32. The summed E-state index contributed by atoms with van der Waals surface area (Å²) in [6.45, 7) is 0.673. The Morgan fingerprint density at radius 2 is 1.76 bits per heavy atom. The van der Waals surface area contributed by atoms with Crippen LogP contribution in [0.2, 0.25) is 0 Å². The van der Waals surface area contributed by atoms with Crippen molar-refractivity contribution in [1.29, 1.82) is 0 Å². The number of anilines is 1. The number of carbonyl (C=O) groups excluding carboxylic acids is 2. The van der Waals surface area contributed by atoms with Crippen LogP contribution in [0.3, 0.4) is 0 Å². The van der Waals surface area contributed by atoms with Crippen molar-refractivity contribution in [3.63, 3.8) is 0 Å². The number of amides is 2. The number of nitrogens with zero attached hydrogens (tertiary/aromatic N) is 2. The summed E-state index contributed by atoms with van der Waals surface area (Å²) in [5.74, 6) is -1.24. The van der Waals surface area contributed by atoms with Gasteiger partial charge < -0.3 is 10.2 Å². The van der Waals surface area contributed by atoms with Gasteiger partial charge in [-0.3, -0.25) is 13.9 Å². The molecule has 1 N–H and O–H groups in total. The molecule has 0 fully saturated rings. The lowest BCUT2D eigenvalue weighted by Gasteiger charge is -2.31. The van der Waals surface area contributed by atoms with E-state index < -0.39 is 46.2 Å². The van der Waals surface area contributed by atoms with E-state index in [9.17, 15) is 31.2 Å². The van der Waals surface area contributed by atoms with Crippen molar-refractivity contribution in [2.24, 2.45) is 0 Å². The van der Waals surface area contributed by atoms with Crippen LogP contribution in [0.15, 0.2) is 53.0 Å². The monoisotopic (exact) mass is 549 g/mol. The standard InChI is InChI=1S/C21H23BrF3N3O4S/c1-14(20(30)26-2)27(12-15-6-4-8-17(22)10-15)19(29)13-28(33(3,31)32)18-9-5-7-16(11-18)21(23,24)25/h4-11,14H,12-13H2,1-3H3,(H,26,30)/t14-/m0/s1. The number of benzene rings is 2. The fourth-order valence-electron chi connectivity index (χ4n) is 3.07. The Labute approximate surface area is 198 Å². The summed E-state index contributed by atoms with van der Waals surface area (Å²) in [6, 6.07) is 9.70. The summed E-state index contributed by atoms with van der Waals surface area (Å²) in [6.07, 6.45) is -3.90. The van der Waals surface area contributed by atoms with Gasteiger partial charge in [0.25, 0.3) is 0 Å². The Morgan fingerprint density at radius 3 is 2.30 bits per heavy atom. The van der Waals surface area contributed by atoms with Gasteiger partial charge in [-0.25, -0.2) is 8.42 Å². The number of hydrogen-bond acceptors (Lipinski definition) is 4. The second-order valence-corrected chi connectivity index (χ2v) is 10.1. The molecule has 2 aromatic rings. The number of nitrogens with one attached hydrogen (secondary N) is 1. The van der Waals surface area contributed by atoms with Gasteiger partial charge in [0.15, 0.2) is 0 Å². The highest BCUT2D eigenvalue weighted by atomic mass is 79.9. The van der Waals surface area contributed by atoms with E-state index in [1.54, 1.807) is 24.3 Å². The van der Waals surface area contributed by atoms with Gasteiger partial charge in [0.05, 0.1) is 17.5 Å². The Bertz CT molecular complexity index is 1130. The largest absolute Gasteiger partial charge is 0.416 e. The van der Waals surface area contributed by atoms with E-state index in [0.717, 1.165) is 22.9 Å². The Morgan fingerprint density at radius 1 is 1.12 bits per heavy atom. The fraction of sp³-hybridized carbons (Fsp3) is 0.333. The summed E-state index contributed by atoms with van der Waals surface area (Å²) in [5.41, 5.74) is -0.694. The maximum atomic E-state index is 13.2. The smallest absolute Gasteiger partial charge is 0.357 e. The van der Waals surface area contributed by atoms with E-state index in [1.165, 1.54) is 24.9 Å². The first-order chi connectivity index (χ1) is 15.2. The molecule has 0 aromatic heterocycles. The molecule has 0 heterocycles. The molecule has 0 saturated heterocycles. The normalized spacial score (nSPS) is 12.7. The van der Waals surface area contributed by atoms with Gasteiger partial charge in [0, 0.05) is 18.1 Å². The van der Waals surface area contributed by atoms with E-state index in [1.807, 2.05) is 0 Å². The predicted molar refractivity (Wildman–Crippen MR) is 122 cm³/mol. The lowest BCUT2D eigenvalue weighted by atomic mass is 10.1. The Balaban J connectivity index is 2.43. The number of carbonyl (C=O) groups is 2. The van der Waals surface area contributed by atoms with Crippen LogP contribution >= 0.6 is 15.9 Å². The molecule has 2 aromatic carbocycles. The molecule has 1 atom stereocenters. The van der Waals surface area contributed by atoms with Crippen LogP contribution in [0.5, 0.6) is 0 Å². The number of sulfonamides is 1. The second kappa shape index (κ2) is 10.6. The van der Waals surface area contributed by atoms with Crippen molar-refractivity contribution in [3.05, 3.63) is 64.1 Å². The van der Waals surface area contributed by atoms with Crippen molar-refractivity contribution in [2.45, 2.75) is 25.7 Å². The zero-order valence-corrected chi connectivity index (χ0v) is 20.5. The lowest BCUT2D eigenvalue weighted by molar-refractivity contribution is -0.139. The summed E-state index contributed by atoms with van der Waals surface area (Å²) in [7, 11) is -2.73. The first-order valence-corrected chi connectivity index (χ1v) is 12.3. The van der Waals surface area contributed by atoms with E-state index in [2.05, 4.69) is 21.2 Å². The Kier molecular flexibility index (Phi) is 8.52. The van der Waals surface area contributed by atoms with Crippen molar-refractivity contribution < 1.29 is 31.2 Å². The van der Waals surface area contributed by atoms with Crippen LogP contribution in [0.25, 0.3) is 0 Å². The van der Waals surface area contributed by atoms with Gasteiger partial charge in [-0.2, -0.15) is 13.2 Å². The maximum absolute atomic E-state index is 13.2. The van der Waals surface area contributed by atoms with E-state index in [-0.39, 0.29) is 12.2 Å². The Hall–Kier alpha value is -2.60. The topological polar surface area (TPSA) is 86.8 Å². The lowest BCUT2D eigenvalue weighted by Crippen LogP contribution is -2.50. The molecule has 0 aliphatic carbocycles. The van der Waals surface area contributed by atoms with E-state index in [4.69, 9.17) is 0 Å². The average Bonchev–Trinajstić information content (AvgIpc) is 2.73. The first-order valence-electron chi connectivity index (χ1n) is 9.64. The van der Waals surface area contributed by atoms with E-state index >= 15 is 0 Å². The summed E-state index contributed by atoms with van der Waals surface area (Å²) < 4.78 is 65.5. The molecule has 0 spiro atoms. The molecule has 2 rings (SSSR count). The van der Waals surface area contributed by atoms with Crippen molar-refractivity contribution in [3.8, 4) is 0 Å². The van der Waals surface area contributed by atoms with Crippen LogP contribution in [0.1, 0.15) is 18.1 Å². The van der Waals surface area contributed by atoms with Gasteiger partial charge in [-0.05, 0) is 42.8 Å². The number of rotatable bonds is 8. The van der Waals surface area contributed by atoms with Gasteiger partial charge in [-0.1, -0.05) is 34.1 Å². The number of alkyl halides is 3. The molecule has 0 aliphatic heterocycles. The zero-order chi connectivity index (χ0) is 25.0. The molecule has 0 saturated carbocycles. The number of halogens is 4. The van der Waals surface area contributed by atoms with Gasteiger partial charge >= 0.3 is 6.18 Å². The molecule has 0 aliphatic rings. The SMILES string of the molecule is CNC(=O)[C@H](C)N(Cc1cccc(Br)c1)C(=O)CN(c1cccc(C(F)(F)F)c1)S(C)(=O)=O. The quantitative estimate of drug-likeness (QED) is 0.546. The molecule has 0 radical (unpaired) electrons. The highest BCUT2D eigenvalue weighted by Gasteiger charge is 2.33. The first kappa shape index (κ1) is 26.7. The van der Waals surface area contributed by atoms with Crippen LogP contribution in [0.4, 0.5) is 18.9 Å². The molecular weight excluding hydrogens is 527 g/mol. The molecule has 0 bridgehead atoms. The molecule has 2 amide bonds. The predicted octanol–water partition coefficient (Wildman–Crippen LogP) is 3.40. The van der Waals surface area contributed by atoms with Crippen LogP contribution < -0.4 is 9.62 Å². The van der Waals surface area contributed by atoms with Crippen molar-refractivity contribution in [1.82, 2.24) is 10.2 Å². The molecule has 12 heteroatoms. The summed E-state index contributed by atoms with van der Waals surface area (Å²) >= 11 is 3.33. The molecule has 0 unspecified atom stereocenters. The minimum Gasteiger partial charge on any atom is -0.357 e. The average molecular weight is 550 g/mol. The van der Waals surface area contributed by atoms with Crippen LogP contribution in [0, 0.1) is 0 Å². The summed E-state index contributed by atoms with van der Waals surface area (Å²) in [4.78, 5) is 26.6. The molecule has 7 nitrogen and oxygen atoms in total. The third kappa shape index (κ3) is 7.19. The fourth-order valence-corrected chi connectivity index (χ4v) is 4.36. The number of hydrogen-bond donors (Lipinski definition) is 1. The second-order valence-electron chi connectivity index (χ2n) is 7.26. The third-order valence-corrected chi connectivity index (χ3v) is 6.43. The van der Waals surface area contributed by atoms with Crippen LogP contribution in [-0.2, 0) is 32.3 Å². The minimum atomic E-state index is -4.69. The van der Waals surface area contributed by atoms with Gasteiger partial charge in [0.2, 0.25) is 21.8 Å². The third-order valence-electron chi connectivity index (χ3n) is 4.80. The van der Waals surface area contributed by atoms with Crippen molar-refractivity contribution >= 4 is 43.5 Å². The maximum Gasteiger partial charge on any atom is 0.416 e.